The lowest BCUT2D eigenvalue weighted by Gasteiger charge is -2.28. The highest BCUT2D eigenvalue weighted by atomic mass is 16.3. The maximum Gasteiger partial charge on any atom is 0.137 e. The number of aliphatic hydroxyl groups is 1. The third kappa shape index (κ3) is 4.50. The normalized spacial score (nSPS) is 18.6. The molecule has 2 fully saturated rings. The summed E-state index contributed by atoms with van der Waals surface area (Å²) in [6, 6.07) is 10.9. The summed E-state index contributed by atoms with van der Waals surface area (Å²) in [5.74, 6) is 6.33. The largest absolute Gasteiger partial charge is 0.378 e. The molecule has 178 valence electrons. The van der Waals surface area contributed by atoms with Crippen LogP contribution < -0.4 is 0 Å². The van der Waals surface area contributed by atoms with Gasteiger partial charge in [0.25, 0.3) is 0 Å². The zero-order chi connectivity index (χ0) is 23.8. The van der Waals surface area contributed by atoms with Crippen LogP contribution in [0.2, 0.25) is 0 Å². The molecule has 4 aromatic rings. The van der Waals surface area contributed by atoms with Crippen LogP contribution in [-0.2, 0) is 0 Å². The van der Waals surface area contributed by atoms with E-state index in [1.807, 2.05) is 30.7 Å². The van der Waals surface area contributed by atoms with E-state index in [1.165, 1.54) is 0 Å². The van der Waals surface area contributed by atoms with Crippen LogP contribution in [-0.4, -0.2) is 55.5 Å². The van der Waals surface area contributed by atoms with Gasteiger partial charge in [-0.05, 0) is 82.4 Å². The number of benzene rings is 1. The standard InChI is InChI=1S/C29H31N5O/c1-33-13-8-25(9-14-33)34-20-24(18-32-34)23-16-26-27(19-31-28(26)30-17-23)22-6-4-5-21(15-22)7-12-29(35)10-2-3-11-29/h4-6,15-20,25,35H,2-3,8-11,13-14H2,1H3,(H,30,31). The van der Waals surface area contributed by atoms with Crippen molar-refractivity contribution in [3.63, 3.8) is 0 Å². The Bertz CT molecular complexity index is 1410. The van der Waals surface area contributed by atoms with E-state index in [0.29, 0.717) is 6.04 Å². The quantitative estimate of drug-likeness (QED) is 0.417. The summed E-state index contributed by atoms with van der Waals surface area (Å²) in [4.78, 5) is 10.4. The molecule has 0 spiro atoms. The van der Waals surface area contributed by atoms with E-state index in [-0.39, 0.29) is 0 Å². The highest BCUT2D eigenvalue weighted by Gasteiger charge is 2.28. The Kier molecular flexibility index (Phi) is 5.68. The molecule has 6 nitrogen and oxygen atoms in total. The molecule has 4 heterocycles. The summed E-state index contributed by atoms with van der Waals surface area (Å²) in [7, 11) is 2.18. The minimum atomic E-state index is -0.826. The highest BCUT2D eigenvalue weighted by molar-refractivity contribution is 5.95. The van der Waals surface area contributed by atoms with Crippen LogP contribution in [0.1, 0.15) is 50.1 Å². The molecule has 0 bridgehead atoms. The first-order valence-electron chi connectivity index (χ1n) is 12.6. The van der Waals surface area contributed by atoms with Crippen molar-refractivity contribution in [2.75, 3.05) is 20.1 Å². The van der Waals surface area contributed by atoms with Crippen molar-refractivity contribution in [2.45, 2.75) is 50.2 Å². The number of H-pyrrole nitrogens is 1. The van der Waals surface area contributed by atoms with Gasteiger partial charge in [-0.15, -0.1) is 0 Å². The van der Waals surface area contributed by atoms with Gasteiger partial charge in [-0.2, -0.15) is 5.10 Å². The fourth-order valence-corrected chi connectivity index (χ4v) is 5.38. The molecular weight excluding hydrogens is 434 g/mol. The number of aromatic amines is 1. The van der Waals surface area contributed by atoms with Crippen molar-refractivity contribution >= 4 is 11.0 Å². The van der Waals surface area contributed by atoms with Crippen LogP contribution in [0.4, 0.5) is 0 Å². The molecule has 2 N–H and O–H groups in total. The van der Waals surface area contributed by atoms with Crippen molar-refractivity contribution in [1.82, 2.24) is 24.6 Å². The molecule has 6 rings (SSSR count). The average molecular weight is 466 g/mol. The fourth-order valence-electron chi connectivity index (χ4n) is 5.38. The second kappa shape index (κ2) is 8.99. The first-order valence-corrected chi connectivity index (χ1v) is 12.6. The van der Waals surface area contributed by atoms with E-state index in [0.717, 1.165) is 90.5 Å². The number of hydrogen-bond acceptors (Lipinski definition) is 4. The number of piperidine rings is 1. The van der Waals surface area contributed by atoms with Gasteiger partial charge in [-0.1, -0.05) is 24.0 Å². The smallest absolute Gasteiger partial charge is 0.137 e. The average Bonchev–Trinajstić information content (AvgIpc) is 3.63. The Labute approximate surface area is 206 Å². The molecule has 0 amide bonds. The number of aromatic nitrogens is 4. The number of rotatable bonds is 3. The minimum Gasteiger partial charge on any atom is -0.378 e. The summed E-state index contributed by atoms with van der Waals surface area (Å²) < 4.78 is 2.13. The molecule has 1 aromatic carbocycles. The Morgan fingerprint density at radius 3 is 2.71 bits per heavy atom. The van der Waals surface area contributed by atoms with Gasteiger partial charge < -0.3 is 15.0 Å². The Morgan fingerprint density at radius 2 is 1.89 bits per heavy atom. The molecule has 1 aliphatic heterocycles. The number of nitrogens with one attached hydrogen (secondary N) is 1. The molecule has 2 aliphatic rings. The van der Waals surface area contributed by atoms with Crippen molar-refractivity contribution < 1.29 is 5.11 Å². The number of likely N-dealkylation sites (tertiary alicyclic amines) is 1. The van der Waals surface area contributed by atoms with Crippen LogP contribution >= 0.6 is 0 Å². The lowest BCUT2D eigenvalue weighted by atomic mass is 10.00. The van der Waals surface area contributed by atoms with Crippen LogP contribution in [0, 0.1) is 11.8 Å². The van der Waals surface area contributed by atoms with E-state index in [1.54, 1.807) is 0 Å². The molecule has 1 saturated carbocycles. The van der Waals surface area contributed by atoms with Crippen LogP contribution in [0.15, 0.2) is 55.1 Å². The van der Waals surface area contributed by atoms with Gasteiger partial charge in [0.1, 0.15) is 11.2 Å². The first kappa shape index (κ1) is 22.1. The number of nitrogens with zero attached hydrogens (tertiary/aromatic N) is 4. The van der Waals surface area contributed by atoms with E-state index in [2.05, 4.69) is 62.9 Å². The topological polar surface area (TPSA) is 70.0 Å². The summed E-state index contributed by atoms with van der Waals surface area (Å²) >= 11 is 0. The number of hydrogen-bond donors (Lipinski definition) is 2. The van der Waals surface area contributed by atoms with Crippen molar-refractivity contribution in [1.29, 1.82) is 0 Å². The van der Waals surface area contributed by atoms with E-state index < -0.39 is 5.60 Å². The molecule has 6 heteroatoms. The van der Waals surface area contributed by atoms with Crippen molar-refractivity contribution in [2.24, 2.45) is 0 Å². The Morgan fingerprint density at radius 1 is 1.06 bits per heavy atom. The molecule has 35 heavy (non-hydrogen) atoms. The zero-order valence-electron chi connectivity index (χ0n) is 20.2. The Hall–Kier alpha value is -3.40. The molecule has 0 unspecified atom stereocenters. The molecule has 0 radical (unpaired) electrons. The van der Waals surface area contributed by atoms with Gasteiger partial charge in [0, 0.05) is 46.2 Å². The van der Waals surface area contributed by atoms with E-state index in [4.69, 9.17) is 4.98 Å². The third-order valence-corrected chi connectivity index (χ3v) is 7.57. The summed E-state index contributed by atoms with van der Waals surface area (Å²) in [6.07, 6.45) is 14.0. The SMILES string of the molecule is CN1CCC(n2cc(-c3cnc4[nH]cc(-c5cccc(C#CC6(O)CCCC6)c5)c4c3)cn2)CC1. The van der Waals surface area contributed by atoms with Gasteiger partial charge in [0.2, 0.25) is 0 Å². The van der Waals surface area contributed by atoms with E-state index in [9.17, 15) is 5.11 Å². The van der Waals surface area contributed by atoms with Crippen molar-refractivity contribution in [3.05, 3.63) is 60.7 Å². The lowest BCUT2D eigenvalue weighted by molar-refractivity contribution is 0.110. The fraction of sp³-hybridized carbons (Fsp3) is 0.379. The molecule has 1 saturated heterocycles. The third-order valence-electron chi connectivity index (χ3n) is 7.57. The molecule has 0 atom stereocenters. The predicted molar refractivity (Wildman–Crippen MR) is 139 cm³/mol. The predicted octanol–water partition coefficient (Wildman–Crippen LogP) is 5.02. The van der Waals surface area contributed by atoms with Gasteiger partial charge in [-0.3, -0.25) is 4.68 Å². The summed E-state index contributed by atoms with van der Waals surface area (Å²) in [5.41, 5.74) is 5.30. The summed E-state index contributed by atoms with van der Waals surface area (Å²) in [6.45, 7) is 2.23. The zero-order valence-corrected chi connectivity index (χ0v) is 20.2. The van der Waals surface area contributed by atoms with Gasteiger partial charge >= 0.3 is 0 Å². The second-order valence-electron chi connectivity index (χ2n) is 10.1. The lowest BCUT2D eigenvalue weighted by Crippen LogP contribution is -2.31. The second-order valence-corrected chi connectivity index (χ2v) is 10.1. The molecular formula is C29H31N5O. The van der Waals surface area contributed by atoms with Gasteiger partial charge in [0.05, 0.1) is 12.2 Å². The van der Waals surface area contributed by atoms with Crippen LogP contribution in [0.5, 0.6) is 0 Å². The number of fused-ring (bicyclic) bond motifs is 1. The van der Waals surface area contributed by atoms with Crippen LogP contribution in [0.25, 0.3) is 33.3 Å². The first-order chi connectivity index (χ1) is 17.1. The van der Waals surface area contributed by atoms with Crippen molar-refractivity contribution in [3.8, 4) is 34.1 Å². The van der Waals surface area contributed by atoms with Gasteiger partial charge in [-0.25, -0.2) is 4.98 Å². The van der Waals surface area contributed by atoms with Crippen LogP contribution in [0.3, 0.4) is 0 Å². The minimum absolute atomic E-state index is 0.464. The van der Waals surface area contributed by atoms with E-state index >= 15 is 0 Å². The molecule has 1 aliphatic carbocycles. The monoisotopic (exact) mass is 465 g/mol. The van der Waals surface area contributed by atoms with Gasteiger partial charge in [0.15, 0.2) is 0 Å². The maximum atomic E-state index is 10.6. The number of pyridine rings is 1. The highest BCUT2D eigenvalue weighted by Crippen LogP contribution is 2.32. The maximum absolute atomic E-state index is 10.6. The Balaban J connectivity index is 1.29. The molecule has 3 aromatic heterocycles. The summed E-state index contributed by atoms with van der Waals surface area (Å²) in [5, 5.41) is 16.4.